The molecule has 20 heavy (non-hydrogen) atoms. The first-order valence-electron chi connectivity index (χ1n) is 6.42. The lowest BCUT2D eigenvalue weighted by atomic mass is 10.2. The summed E-state index contributed by atoms with van der Waals surface area (Å²) in [5, 5.41) is 6.57. The predicted molar refractivity (Wildman–Crippen MR) is 82.5 cm³/mol. The third kappa shape index (κ3) is 3.13. The zero-order valence-corrected chi connectivity index (χ0v) is 13.5. The molecule has 4 nitrogen and oxygen atoms in total. The topological polar surface area (TPSA) is 43.4 Å². The third-order valence-electron chi connectivity index (χ3n) is 2.93. The zero-order chi connectivity index (χ0) is 13.9. The predicted octanol–water partition coefficient (Wildman–Crippen LogP) is 3.28. The molecule has 3 rings (SSSR count). The first kappa shape index (κ1) is 13.9. The number of nitrogens with one attached hydrogen (secondary N) is 1. The zero-order valence-electron chi connectivity index (χ0n) is 11.1. The number of aromatic nitrogens is 1. The molecule has 1 aliphatic rings. The molecule has 1 aromatic heterocycles. The van der Waals surface area contributed by atoms with Crippen LogP contribution in [0.2, 0.25) is 0 Å². The van der Waals surface area contributed by atoms with Crippen LogP contribution >= 0.6 is 27.3 Å². The Morgan fingerprint density at radius 2 is 2.15 bits per heavy atom. The van der Waals surface area contributed by atoms with Gasteiger partial charge in [0.25, 0.3) is 0 Å². The van der Waals surface area contributed by atoms with Crippen LogP contribution in [0.25, 0.3) is 0 Å². The van der Waals surface area contributed by atoms with Crippen LogP contribution < -0.4 is 14.8 Å². The van der Waals surface area contributed by atoms with E-state index in [1.54, 1.807) is 11.3 Å². The van der Waals surface area contributed by atoms with E-state index in [1.165, 1.54) is 0 Å². The fourth-order valence-corrected chi connectivity index (χ4v) is 3.41. The molecule has 0 unspecified atom stereocenters. The van der Waals surface area contributed by atoms with E-state index in [4.69, 9.17) is 9.47 Å². The fourth-order valence-electron chi connectivity index (χ4n) is 2.06. The van der Waals surface area contributed by atoms with Gasteiger partial charge in [0.1, 0.15) is 18.2 Å². The largest absolute Gasteiger partial charge is 0.486 e. The molecule has 0 spiro atoms. The quantitative estimate of drug-likeness (QED) is 0.914. The van der Waals surface area contributed by atoms with Gasteiger partial charge in [-0.15, -0.1) is 11.3 Å². The van der Waals surface area contributed by atoms with Gasteiger partial charge in [0, 0.05) is 24.2 Å². The number of halogens is 1. The van der Waals surface area contributed by atoms with Crippen molar-refractivity contribution < 1.29 is 9.47 Å². The molecule has 6 heteroatoms. The highest BCUT2D eigenvalue weighted by Crippen LogP contribution is 2.38. The van der Waals surface area contributed by atoms with Gasteiger partial charge in [-0.1, -0.05) is 0 Å². The van der Waals surface area contributed by atoms with E-state index in [-0.39, 0.29) is 0 Å². The number of thiazole rings is 1. The summed E-state index contributed by atoms with van der Waals surface area (Å²) in [5.41, 5.74) is 2.24. The molecule has 0 fully saturated rings. The summed E-state index contributed by atoms with van der Waals surface area (Å²) in [4.78, 5) is 4.43. The Kier molecular flexibility index (Phi) is 4.24. The Labute approximate surface area is 130 Å². The number of aryl methyl sites for hydroxylation is 1. The standard InChI is InChI=1S/C14H15BrN2O2S/c1-9-8-20-13(17-9)7-16-6-10-4-11(15)14-12(5-10)18-2-3-19-14/h4-5,8,16H,2-3,6-7H2,1H3. The monoisotopic (exact) mass is 354 g/mol. The molecule has 0 saturated carbocycles. The van der Waals surface area contributed by atoms with E-state index in [1.807, 2.05) is 13.0 Å². The molecule has 1 N–H and O–H groups in total. The van der Waals surface area contributed by atoms with E-state index in [9.17, 15) is 0 Å². The van der Waals surface area contributed by atoms with Gasteiger partial charge in [-0.2, -0.15) is 0 Å². The van der Waals surface area contributed by atoms with Crippen LogP contribution in [0, 0.1) is 6.92 Å². The number of rotatable bonds is 4. The lowest BCUT2D eigenvalue weighted by molar-refractivity contribution is 0.170. The summed E-state index contributed by atoms with van der Waals surface area (Å²) < 4.78 is 12.1. The Balaban J connectivity index is 1.64. The van der Waals surface area contributed by atoms with Crippen molar-refractivity contribution in [2.75, 3.05) is 13.2 Å². The summed E-state index contributed by atoms with van der Waals surface area (Å²) in [6, 6.07) is 4.09. The molecule has 0 bridgehead atoms. The molecule has 0 radical (unpaired) electrons. The second-order valence-corrected chi connectivity index (χ2v) is 6.38. The first-order chi connectivity index (χ1) is 9.72. The van der Waals surface area contributed by atoms with E-state index in [0.717, 1.165) is 45.3 Å². The number of hydrogen-bond donors (Lipinski definition) is 1. The number of nitrogens with zero attached hydrogens (tertiary/aromatic N) is 1. The minimum Gasteiger partial charge on any atom is -0.486 e. The van der Waals surface area contributed by atoms with Crippen molar-refractivity contribution in [1.82, 2.24) is 10.3 Å². The average molecular weight is 355 g/mol. The molecule has 1 aliphatic heterocycles. The van der Waals surface area contributed by atoms with E-state index in [0.29, 0.717) is 13.2 Å². The summed E-state index contributed by atoms with van der Waals surface area (Å²) in [5.74, 6) is 1.61. The maximum atomic E-state index is 5.62. The molecule has 2 heterocycles. The summed E-state index contributed by atoms with van der Waals surface area (Å²) in [6.45, 7) is 4.78. The van der Waals surface area contributed by atoms with Gasteiger partial charge in [-0.25, -0.2) is 4.98 Å². The van der Waals surface area contributed by atoms with Gasteiger partial charge in [0.2, 0.25) is 0 Å². The van der Waals surface area contributed by atoms with Gasteiger partial charge in [0.05, 0.1) is 4.47 Å². The minimum atomic E-state index is 0.604. The summed E-state index contributed by atoms with van der Waals surface area (Å²) in [7, 11) is 0. The Morgan fingerprint density at radius 3 is 2.95 bits per heavy atom. The summed E-state index contributed by atoms with van der Waals surface area (Å²) >= 11 is 5.21. The van der Waals surface area contributed by atoms with Crippen molar-refractivity contribution in [3.05, 3.63) is 38.3 Å². The second-order valence-electron chi connectivity index (χ2n) is 4.59. The number of hydrogen-bond acceptors (Lipinski definition) is 5. The van der Waals surface area contributed by atoms with Crippen LogP contribution in [-0.2, 0) is 13.1 Å². The van der Waals surface area contributed by atoms with Gasteiger partial charge in [-0.05, 0) is 40.5 Å². The highest BCUT2D eigenvalue weighted by Gasteiger charge is 2.16. The number of ether oxygens (including phenoxy) is 2. The van der Waals surface area contributed by atoms with Crippen LogP contribution in [0.1, 0.15) is 16.3 Å². The second kappa shape index (κ2) is 6.11. The fraction of sp³-hybridized carbons (Fsp3) is 0.357. The van der Waals surface area contributed by atoms with Crippen LogP contribution in [0.3, 0.4) is 0 Å². The molecular weight excluding hydrogens is 340 g/mol. The Bertz CT molecular complexity index is 615. The van der Waals surface area contributed by atoms with Crippen molar-refractivity contribution >= 4 is 27.3 Å². The number of fused-ring (bicyclic) bond motifs is 1. The van der Waals surface area contributed by atoms with Crippen LogP contribution in [-0.4, -0.2) is 18.2 Å². The van der Waals surface area contributed by atoms with Gasteiger partial charge in [-0.3, -0.25) is 0 Å². The molecule has 0 atom stereocenters. The molecule has 0 aliphatic carbocycles. The Morgan fingerprint density at radius 1 is 1.30 bits per heavy atom. The molecule has 2 aromatic rings. The SMILES string of the molecule is Cc1csc(CNCc2cc(Br)c3c(c2)OCCO3)n1. The van der Waals surface area contributed by atoms with Gasteiger partial charge >= 0.3 is 0 Å². The summed E-state index contributed by atoms with van der Waals surface area (Å²) in [6.07, 6.45) is 0. The molecular formula is C14H15BrN2O2S. The first-order valence-corrected chi connectivity index (χ1v) is 8.09. The third-order valence-corrected chi connectivity index (χ3v) is 4.48. The molecule has 106 valence electrons. The van der Waals surface area contributed by atoms with Crippen molar-refractivity contribution in [1.29, 1.82) is 0 Å². The average Bonchev–Trinajstić information content (AvgIpc) is 2.85. The van der Waals surface area contributed by atoms with E-state index >= 15 is 0 Å². The smallest absolute Gasteiger partial charge is 0.175 e. The van der Waals surface area contributed by atoms with E-state index < -0.39 is 0 Å². The maximum Gasteiger partial charge on any atom is 0.175 e. The van der Waals surface area contributed by atoms with Gasteiger partial charge < -0.3 is 14.8 Å². The van der Waals surface area contributed by atoms with Crippen molar-refractivity contribution in [3.8, 4) is 11.5 Å². The Hall–Kier alpha value is -1.11. The molecule has 0 saturated heterocycles. The van der Waals surface area contributed by atoms with Crippen molar-refractivity contribution in [2.24, 2.45) is 0 Å². The van der Waals surface area contributed by atoms with E-state index in [2.05, 4.69) is 37.7 Å². The number of benzene rings is 1. The van der Waals surface area contributed by atoms with Crippen LogP contribution in [0.5, 0.6) is 11.5 Å². The normalized spacial score (nSPS) is 13.5. The minimum absolute atomic E-state index is 0.604. The highest BCUT2D eigenvalue weighted by molar-refractivity contribution is 9.10. The highest BCUT2D eigenvalue weighted by atomic mass is 79.9. The van der Waals surface area contributed by atoms with Crippen LogP contribution in [0.15, 0.2) is 22.0 Å². The van der Waals surface area contributed by atoms with Gasteiger partial charge in [0.15, 0.2) is 11.5 Å². The maximum absolute atomic E-state index is 5.62. The lowest BCUT2D eigenvalue weighted by Crippen LogP contribution is -2.17. The molecule has 0 amide bonds. The van der Waals surface area contributed by atoms with Crippen molar-refractivity contribution in [3.63, 3.8) is 0 Å². The van der Waals surface area contributed by atoms with Crippen LogP contribution in [0.4, 0.5) is 0 Å². The molecule has 1 aromatic carbocycles. The van der Waals surface area contributed by atoms with Crippen molar-refractivity contribution in [2.45, 2.75) is 20.0 Å². The lowest BCUT2D eigenvalue weighted by Gasteiger charge is -2.20.